The van der Waals surface area contributed by atoms with E-state index in [0.29, 0.717) is 0 Å². The van der Waals surface area contributed by atoms with Gasteiger partial charge >= 0.3 is 0 Å². The fraction of sp³-hybridized carbons (Fsp3) is 0.167. The molecular weight excluding hydrogens is 244 g/mol. The number of benzene rings is 2. The summed E-state index contributed by atoms with van der Waals surface area (Å²) in [6.07, 6.45) is 2.17. The number of nitrogens with zero attached hydrogens (tertiary/aromatic N) is 2. The normalized spacial score (nSPS) is 12.8. The zero-order chi connectivity index (χ0) is 13.5. The molecule has 2 heterocycles. The Bertz CT molecular complexity index is 769. The number of aryl methyl sites for hydroxylation is 3. The Labute approximate surface area is 118 Å². The lowest BCUT2D eigenvalue weighted by molar-refractivity contribution is 0.734. The van der Waals surface area contributed by atoms with E-state index in [2.05, 4.69) is 60.1 Å². The Morgan fingerprint density at radius 1 is 0.950 bits per heavy atom. The minimum atomic E-state index is 1.07. The molecule has 2 aromatic carbocycles. The van der Waals surface area contributed by atoms with Gasteiger partial charge in [-0.3, -0.25) is 0 Å². The van der Waals surface area contributed by atoms with Crippen molar-refractivity contribution in [3.8, 4) is 16.9 Å². The van der Waals surface area contributed by atoms with Gasteiger partial charge in [-0.25, -0.2) is 4.68 Å². The van der Waals surface area contributed by atoms with Gasteiger partial charge in [0, 0.05) is 11.3 Å². The third-order valence-electron chi connectivity index (χ3n) is 4.04. The molecule has 0 unspecified atom stereocenters. The van der Waals surface area contributed by atoms with Gasteiger partial charge < -0.3 is 0 Å². The number of hydrogen-bond donors (Lipinski definition) is 0. The summed E-state index contributed by atoms with van der Waals surface area (Å²) < 4.78 is 2.14. The van der Waals surface area contributed by atoms with Crippen LogP contribution in [0, 0.1) is 6.92 Å². The molecule has 1 aliphatic rings. The van der Waals surface area contributed by atoms with Crippen LogP contribution in [0.2, 0.25) is 0 Å². The van der Waals surface area contributed by atoms with E-state index >= 15 is 0 Å². The van der Waals surface area contributed by atoms with Crippen LogP contribution in [0.5, 0.6) is 0 Å². The van der Waals surface area contributed by atoms with Crippen molar-refractivity contribution in [2.24, 2.45) is 0 Å². The first-order valence-corrected chi connectivity index (χ1v) is 7.06. The standard InChI is InChI=1S/C18H16N2/c1-13-6-5-9-15-10-11-16-12-17(19-20(16)18(13)15)14-7-3-2-4-8-14/h2-9,12H,10-11H2,1H3. The van der Waals surface area contributed by atoms with Crippen LogP contribution in [-0.4, -0.2) is 9.78 Å². The van der Waals surface area contributed by atoms with E-state index in [0.717, 1.165) is 18.5 Å². The molecule has 0 atom stereocenters. The van der Waals surface area contributed by atoms with Gasteiger partial charge in [0.15, 0.2) is 0 Å². The van der Waals surface area contributed by atoms with Crippen LogP contribution in [0.3, 0.4) is 0 Å². The summed E-state index contributed by atoms with van der Waals surface area (Å²) in [5.41, 5.74) is 7.54. The molecule has 4 rings (SSSR count). The van der Waals surface area contributed by atoms with Crippen LogP contribution >= 0.6 is 0 Å². The molecule has 20 heavy (non-hydrogen) atoms. The van der Waals surface area contributed by atoms with Crippen molar-refractivity contribution < 1.29 is 0 Å². The Morgan fingerprint density at radius 2 is 1.80 bits per heavy atom. The highest BCUT2D eigenvalue weighted by Gasteiger charge is 2.19. The molecule has 0 bridgehead atoms. The van der Waals surface area contributed by atoms with Gasteiger partial charge in [-0.15, -0.1) is 0 Å². The van der Waals surface area contributed by atoms with E-state index in [1.807, 2.05) is 6.07 Å². The average molecular weight is 260 g/mol. The second-order valence-corrected chi connectivity index (χ2v) is 5.38. The highest BCUT2D eigenvalue weighted by molar-refractivity contribution is 5.61. The lowest BCUT2D eigenvalue weighted by Gasteiger charge is -2.19. The predicted molar refractivity (Wildman–Crippen MR) is 81.1 cm³/mol. The molecule has 0 radical (unpaired) electrons. The first kappa shape index (κ1) is 11.5. The van der Waals surface area contributed by atoms with Crippen LogP contribution in [-0.2, 0) is 12.8 Å². The Morgan fingerprint density at radius 3 is 2.65 bits per heavy atom. The number of rotatable bonds is 1. The summed E-state index contributed by atoms with van der Waals surface area (Å²) >= 11 is 0. The van der Waals surface area contributed by atoms with E-state index in [1.54, 1.807) is 0 Å². The maximum atomic E-state index is 4.84. The second kappa shape index (κ2) is 4.34. The zero-order valence-electron chi connectivity index (χ0n) is 11.5. The predicted octanol–water partition coefficient (Wildman–Crippen LogP) is 3.95. The third kappa shape index (κ3) is 1.68. The molecule has 2 heteroatoms. The molecular formula is C18H16N2. The van der Waals surface area contributed by atoms with E-state index < -0.39 is 0 Å². The molecule has 1 aliphatic heterocycles. The smallest absolute Gasteiger partial charge is 0.0930 e. The van der Waals surface area contributed by atoms with Crippen LogP contribution in [0.25, 0.3) is 16.9 Å². The Hall–Kier alpha value is -2.35. The summed E-state index contributed by atoms with van der Waals surface area (Å²) in [6, 6.07) is 19.2. The Kier molecular flexibility index (Phi) is 2.49. The third-order valence-corrected chi connectivity index (χ3v) is 4.04. The quantitative estimate of drug-likeness (QED) is 0.648. The van der Waals surface area contributed by atoms with Crippen molar-refractivity contribution in [2.45, 2.75) is 19.8 Å². The van der Waals surface area contributed by atoms with E-state index in [1.165, 1.54) is 28.1 Å². The topological polar surface area (TPSA) is 17.8 Å². The molecule has 2 nitrogen and oxygen atoms in total. The first-order chi connectivity index (χ1) is 9.83. The number of aromatic nitrogens is 2. The minimum absolute atomic E-state index is 1.07. The lowest BCUT2D eigenvalue weighted by atomic mass is 9.99. The molecule has 0 aliphatic carbocycles. The SMILES string of the molecule is Cc1cccc2c1-n1nc(-c3ccccc3)cc1CC2. The van der Waals surface area contributed by atoms with Gasteiger partial charge in [0.05, 0.1) is 11.4 Å². The van der Waals surface area contributed by atoms with Crippen molar-refractivity contribution in [3.63, 3.8) is 0 Å². The van der Waals surface area contributed by atoms with Gasteiger partial charge in [0.2, 0.25) is 0 Å². The van der Waals surface area contributed by atoms with Crippen molar-refractivity contribution in [2.75, 3.05) is 0 Å². The molecule has 0 amide bonds. The summed E-state index contributed by atoms with van der Waals surface area (Å²) in [6.45, 7) is 2.16. The highest BCUT2D eigenvalue weighted by atomic mass is 15.3. The Balaban J connectivity index is 1.91. The van der Waals surface area contributed by atoms with Gasteiger partial charge in [-0.1, -0.05) is 48.5 Å². The number of para-hydroxylation sites is 1. The average Bonchev–Trinajstić information content (AvgIpc) is 2.92. The molecule has 0 fully saturated rings. The summed E-state index contributed by atoms with van der Waals surface area (Å²) in [5.74, 6) is 0. The van der Waals surface area contributed by atoms with E-state index in [9.17, 15) is 0 Å². The molecule has 0 N–H and O–H groups in total. The molecule has 0 saturated heterocycles. The molecule has 98 valence electrons. The van der Waals surface area contributed by atoms with E-state index in [4.69, 9.17) is 5.10 Å². The first-order valence-electron chi connectivity index (χ1n) is 7.06. The van der Waals surface area contributed by atoms with Crippen LogP contribution < -0.4 is 0 Å². The summed E-state index contributed by atoms with van der Waals surface area (Å²) in [4.78, 5) is 0. The van der Waals surface area contributed by atoms with Gasteiger partial charge in [0.1, 0.15) is 0 Å². The largest absolute Gasteiger partial charge is 0.237 e. The van der Waals surface area contributed by atoms with Crippen molar-refractivity contribution in [1.82, 2.24) is 9.78 Å². The van der Waals surface area contributed by atoms with Crippen molar-refractivity contribution >= 4 is 0 Å². The fourth-order valence-corrected chi connectivity index (χ4v) is 3.03. The van der Waals surface area contributed by atoms with Crippen molar-refractivity contribution in [3.05, 3.63) is 71.4 Å². The van der Waals surface area contributed by atoms with Crippen LogP contribution in [0.4, 0.5) is 0 Å². The monoisotopic (exact) mass is 260 g/mol. The van der Waals surface area contributed by atoms with E-state index in [-0.39, 0.29) is 0 Å². The fourth-order valence-electron chi connectivity index (χ4n) is 3.03. The molecule has 0 spiro atoms. The number of fused-ring (bicyclic) bond motifs is 3. The maximum absolute atomic E-state index is 4.84. The van der Waals surface area contributed by atoms with Gasteiger partial charge in [-0.05, 0) is 37.0 Å². The van der Waals surface area contributed by atoms with Gasteiger partial charge in [-0.2, -0.15) is 5.10 Å². The second-order valence-electron chi connectivity index (χ2n) is 5.38. The van der Waals surface area contributed by atoms with Crippen LogP contribution in [0.15, 0.2) is 54.6 Å². The van der Waals surface area contributed by atoms with Gasteiger partial charge in [0.25, 0.3) is 0 Å². The zero-order valence-corrected chi connectivity index (χ0v) is 11.5. The number of hydrogen-bond acceptors (Lipinski definition) is 1. The summed E-state index contributed by atoms with van der Waals surface area (Å²) in [5, 5.41) is 4.84. The summed E-state index contributed by atoms with van der Waals surface area (Å²) in [7, 11) is 0. The van der Waals surface area contributed by atoms with Crippen molar-refractivity contribution in [1.29, 1.82) is 0 Å². The minimum Gasteiger partial charge on any atom is -0.237 e. The highest BCUT2D eigenvalue weighted by Crippen LogP contribution is 2.30. The lowest BCUT2D eigenvalue weighted by Crippen LogP contribution is -2.14. The molecule has 1 aromatic heterocycles. The van der Waals surface area contributed by atoms with Crippen LogP contribution in [0.1, 0.15) is 16.8 Å². The molecule has 0 saturated carbocycles. The molecule has 3 aromatic rings. The maximum Gasteiger partial charge on any atom is 0.0930 e.